The van der Waals surface area contributed by atoms with E-state index in [0.717, 1.165) is 11.1 Å². The maximum atomic E-state index is 12.8. The molecule has 0 amide bonds. The SMILES string of the molecule is Nn1c(CC(CS(=O)(=O)Cc2ccccc2)c2ccccc2)n[nH]c1=S. The Bertz CT molecular complexity index is 1010. The number of hydrogen-bond acceptors (Lipinski definition) is 5. The predicted octanol–water partition coefficient (Wildman–Crippen LogP) is 2.60. The number of hydrogen-bond donors (Lipinski definition) is 2. The van der Waals surface area contributed by atoms with Crippen LogP contribution in [0.2, 0.25) is 0 Å². The molecule has 0 aliphatic heterocycles. The molecule has 0 aliphatic rings. The van der Waals surface area contributed by atoms with E-state index >= 15 is 0 Å². The Morgan fingerprint density at radius 2 is 1.69 bits per heavy atom. The van der Waals surface area contributed by atoms with Crippen molar-refractivity contribution >= 4 is 22.1 Å². The van der Waals surface area contributed by atoms with E-state index in [4.69, 9.17) is 18.1 Å². The molecule has 0 radical (unpaired) electrons. The number of benzene rings is 2. The van der Waals surface area contributed by atoms with E-state index < -0.39 is 9.84 Å². The molecule has 0 saturated carbocycles. The maximum absolute atomic E-state index is 12.8. The largest absolute Gasteiger partial charge is 0.335 e. The van der Waals surface area contributed by atoms with Crippen molar-refractivity contribution in [3.8, 4) is 0 Å². The molecule has 3 rings (SSSR count). The molecule has 0 saturated heterocycles. The summed E-state index contributed by atoms with van der Waals surface area (Å²) in [6.45, 7) is 0. The number of nitrogens with zero attached hydrogens (tertiary/aromatic N) is 2. The van der Waals surface area contributed by atoms with Gasteiger partial charge in [0.15, 0.2) is 15.7 Å². The highest BCUT2D eigenvalue weighted by Gasteiger charge is 2.23. The lowest BCUT2D eigenvalue weighted by atomic mass is 9.97. The van der Waals surface area contributed by atoms with Gasteiger partial charge in [-0.2, -0.15) is 5.10 Å². The molecule has 0 bridgehead atoms. The second-order valence-corrected chi connectivity index (χ2v) is 8.66. The highest BCUT2D eigenvalue weighted by molar-refractivity contribution is 7.90. The van der Waals surface area contributed by atoms with Crippen LogP contribution in [0.15, 0.2) is 60.7 Å². The lowest BCUT2D eigenvalue weighted by molar-refractivity contribution is 0.582. The van der Waals surface area contributed by atoms with Gasteiger partial charge in [-0.3, -0.25) is 5.10 Å². The van der Waals surface area contributed by atoms with Crippen LogP contribution in [0.5, 0.6) is 0 Å². The van der Waals surface area contributed by atoms with Crippen LogP contribution < -0.4 is 5.84 Å². The van der Waals surface area contributed by atoms with Crippen molar-refractivity contribution < 1.29 is 8.42 Å². The average molecular weight is 389 g/mol. The molecule has 1 atom stereocenters. The Kier molecular flexibility index (Phi) is 5.53. The fourth-order valence-electron chi connectivity index (χ4n) is 2.89. The molecule has 2 aromatic carbocycles. The Labute approximate surface area is 157 Å². The first kappa shape index (κ1) is 18.3. The number of nitrogens with two attached hydrogens (primary N) is 1. The van der Waals surface area contributed by atoms with Gasteiger partial charge in [0.05, 0.1) is 11.5 Å². The summed E-state index contributed by atoms with van der Waals surface area (Å²) >= 11 is 5.04. The van der Waals surface area contributed by atoms with Gasteiger partial charge in [-0.25, -0.2) is 13.1 Å². The van der Waals surface area contributed by atoms with Crippen molar-refractivity contribution in [1.29, 1.82) is 0 Å². The summed E-state index contributed by atoms with van der Waals surface area (Å²) in [6.07, 6.45) is 0.377. The smallest absolute Gasteiger partial charge is 0.214 e. The molecule has 3 N–H and O–H groups in total. The fourth-order valence-corrected chi connectivity index (χ4v) is 4.79. The zero-order valence-corrected chi connectivity index (χ0v) is 15.7. The number of aromatic nitrogens is 3. The number of H-pyrrole nitrogens is 1. The van der Waals surface area contributed by atoms with Gasteiger partial charge < -0.3 is 5.84 Å². The van der Waals surface area contributed by atoms with Gasteiger partial charge in [-0.15, -0.1) is 0 Å². The van der Waals surface area contributed by atoms with Crippen LogP contribution >= 0.6 is 12.2 Å². The van der Waals surface area contributed by atoms with Crippen molar-refractivity contribution in [2.45, 2.75) is 18.1 Å². The molecule has 136 valence electrons. The highest BCUT2D eigenvalue weighted by Crippen LogP contribution is 2.23. The third-order valence-corrected chi connectivity index (χ3v) is 6.13. The number of nitrogen functional groups attached to an aromatic ring is 1. The summed E-state index contributed by atoms with van der Waals surface area (Å²) in [5.41, 5.74) is 1.71. The molecular weight excluding hydrogens is 368 g/mol. The van der Waals surface area contributed by atoms with Crippen molar-refractivity contribution in [1.82, 2.24) is 14.9 Å². The fraction of sp³-hybridized carbons (Fsp3) is 0.222. The first-order valence-electron chi connectivity index (χ1n) is 8.15. The van der Waals surface area contributed by atoms with Crippen molar-refractivity contribution in [2.75, 3.05) is 11.6 Å². The molecular formula is C18H20N4O2S2. The van der Waals surface area contributed by atoms with Crippen LogP contribution in [0, 0.1) is 4.77 Å². The Hall–Kier alpha value is -2.45. The lowest BCUT2D eigenvalue weighted by Gasteiger charge is -2.17. The third-order valence-electron chi connectivity index (χ3n) is 4.16. The molecule has 1 aromatic heterocycles. The van der Waals surface area contributed by atoms with Crippen LogP contribution in [-0.2, 0) is 22.0 Å². The molecule has 0 fully saturated rings. The molecule has 1 unspecified atom stereocenters. The van der Waals surface area contributed by atoms with E-state index in [1.807, 2.05) is 60.7 Å². The van der Waals surface area contributed by atoms with Crippen LogP contribution in [0.4, 0.5) is 0 Å². The van der Waals surface area contributed by atoms with Gasteiger partial charge in [0, 0.05) is 12.3 Å². The van der Waals surface area contributed by atoms with E-state index in [1.165, 1.54) is 4.68 Å². The Morgan fingerprint density at radius 1 is 1.08 bits per heavy atom. The van der Waals surface area contributed by atoms with E-state index in [0.29, 0.717) is 17.0 Å². The van der Waals surface area contributed by atoms with Gasteiger partial charge in [0.2, 0.25) is 4.77 Å². The predicted molar refractivity (Wildman–Crippen MR) is 104 cm³/mol. The number of sulfone groups is 1. The van der Waals surface area contributed by atoms with Crippen molar-refractivity contribution in [2.24, 2.45) is 0 Å². The van der Waals surface area contributed by atoms with Gasteiger partial charge >= 0.3 is 0 Å². The third kappa shape index (κ3) is 4.59. The summed E-state index contributed by atoms with van der Waals surface area (Å²) < 4.78 is 27.1. The minimum atomic E-state index is -3.32. The Balaban J connectivity index is 1.86. The number of aromatic amines is 1. The first-order chi connectivity index (χ1) is 12.4. The van der Waals surface area contributed by atoms with Crippen LogP contribution in [0.25, 0.3) is 0 Å². The lowest BCUT2D eigenvalue weighted by Crippen LogP contribution is -2.22. The quantitative estimate of drug-likeness (QED) is 0.479. The minimum Gasteiger partial charge on any atom is -0.335 e. The summed E-state index contributed by atoms with van der Waals surface area (Å²) in [5.74, 6) is 6.16. The van der Waals surface area contributed by atoms with Gasteiger partial charge in [0.1, 0.15) is 0 Å². The van der Waals surface area contributed by atoms with E-state index in [9.17, 15) is 8.42 Å². The monoisotopic (exact) mass is 388 g/mol. The van der Waals surface area contributed by atoms with E-state index in [1.54, 1.807) is 0 Å². The van der Waals surface area contributed by atoms with Crippen molar-refractivity contribution in [3.05, 3.63) is 82.4 Å². The van der Waals surface area contributed by atoms with Gasteiger partial charge in [-0.05, 0) is 23.3 Å². The zero-order chi connectivity index (χ0) is 18.6. The highest BCUT2D eigenvalue weighted by atomic mass is 32.2. The molecule has 8 heteroatoms. The van der Waals surface area contributed by atoms with Crippen LogP contribution in [0.3, 0.4) is 0 Å². The van der Waals surface area contributed by atoms with Gasteiger partial charge in [0.25, 0.3) is 0 Å². The van der Waals surface area contributed by atoms with Crippen molar-refractivity contribution in [3.63, 3.8) is 0 Å². The summed E-state index contributed by atoms with van der Waals surface area (Å²) in [5, 5.41) is 6.76. The molecule has 0 aliphatic carbocycles. The zero-order valence-electron chi connectivity index (χ0n) is 14.1. The molecule has 6 nitrogen and oxygen atoms in total. The minimum absolute atomic E-state index is 0.00549. The molecule has 0 spiro atoms. The average Bonchev–Trinajstić information content (AvgIpc) is 2.94. The van der Waals surface area contributed by atoms with Crippen LogP contribution in [0.1, 0.15) is 22.9 Å². The van der Waals surface area contributed by atoms with E-state index in [2.05, 4.69) is 10.2 Å². The number of nitrogens with one attached hydrogen (secondary N) is 1. The van der Waals surface area contributed by atoms with E-state index in [-0.39, 0.29) is 17.4 Å². The molecule has 26 heavy (non-hydrogen) atoms. The standard InChI is InChI=1S/C18H20N4O2S2/c19-22-17(20-21-18(22)25)11-16(15-9-5-2-6-10-15)13-26(23,24)12-14-7-3-1-4-8-14/h1-10,16H,11-13,19H2,(H,21,25). The second kappa shape index (κ2) is 7.84. The summed E-state index contributed by atoms with van der Waals surface area (Å²) in [6, 6.07) is 18.7. The van der Waals surface area contributed by atoms with Crippen LogP contribution in [-0.4, -0.2) is 29.0 Å². The molecule has 1 heterocycles. The van der Waals surface area contributed by atoms with Gasteiger partial charge in [-0.1, -0.05) is 60.7 Å². The Morgan fingerprint density at radius 3 is 2.27 bits per heavy atom. The molecule has 3 aromatic rings. The normalized spacial score (nSPS) is 12.8. The topological polar surface area (TPSA) is 93.8 Å². The summed E-state index contributed by atoms with van der Waals surface area (Å²) in [4.78, 5) is 0. The maximum Gasteiger partial charge on any atom is 0.214 e. The first-order valence-corrected chi connectivity index (χ1v) is 10.4. The summed E-state index contributed by atoms with van der Waals surface area (Å²) in [7, 11) is -3.32. The second-order valence-electron chi connectivity index (χ2n) is 6.17. The number of rotatable bonds is 7.